The molecule has 0 atom stereocenters. The van der Waals surface area contributed by atoms with Gasteiger partial charge in [0, 0.05) is 10.0 Å². The maximum absolute atomic E-state index is 12.1. The van der Waals surface area contributed by atoms with E-state index in [9.17, 15) is 4.79 Å². The third kappa shape index (κ3) is 5.42. The molecule has 2 aromatic rings. The number of amides is 1. The van der Waals surface area contributed by atoms with Gasteiger partial charge in [0.05, 0.1) is 18.7 Å². The van der Waals surface area contributed by atoms with Crippen LogP contribution in [0.2, 0.25) is 0 Å². The van der Waals surface area contributed by atoms with E-state index in [1.54, 1.807) is 0 Å². The second kappa shape index (κ2) is 7.90. The van der Waals surface area contributed by atoms with Crippen LogP contribution in [0, 0.1) is 0 Å². The number of rotatable bonds is 6. The van der Waals surface area contributed by atoms with Crippen molar-refractivity contribution in [3.63, 3.8) is 0 Å². The summed E-state index contributed by atoms with van der Waals surface area (Å²) in [6, 6.07) is 7.68. The Kier molecular flexibility index (Phi) is 6.12. The van der Waals surface area contributed by atoms with Gasteiger partial charge in [-0.15, -0.1) is 10.2 Å². The highest BCUT2D eigenvalue weighted by Gasteiger charge is 2.18. The molecule has 130 valence electrons. The van der Waals surface area contributed by atoms with Crippen molar-refractivity contribution in [2.45, 2.75) is 39.8 Å². The zero-order chi connectivity index (χ0) is 17.7. The van der Waals surface area contributed by atoms with Crippen LogP contribution in [0.5, 0.6) is 0 Å². The van der Waals surface area contributed by atoms with E-state index in [-0.39, 0.29) is 11.4 Å². The minimum absolute atomic E-state index is 0.0186. The van der Waals surface area contributed by atoms with Crippen molar-refractivity contribution < 1.29 is 9.21 Å². The normalized spacial score (nSPS) is 11.8. The third-order valence-electron chi connectivity index (χ3n) is 3.26. The van der Waals surface area contributed by atoms with Gasteiger partial charge >= 0.3 is 0 Å². The molecule has 1 heterocycles. The summed E-state index contributed by atoms with van der Waals surface area (Å²) in [6.45, 7) is 9.32. The van der Waals surface area contributed by atoms with Gasteiger partial charge in [0.15, 0.2) is 0 Å². The lowest BCUT2D eigenvalue weighted by atomic mass is 10.1. The van der Waals surface area contributed by atoms with Gasteiger partial charge in [-0.25, -0.2) is 0 Å². The number of hydrogen-bond donors (Lipinski definition) is 1. The van der Waals surface area contributed by atoms with E-state index >= 15 is 0 Å². The van der Waals surface area contributed by atoms with Crippen molar-refractivity contribution in [2.75, 3.05) is 13.1 Å². The summed E-state index contributed by atoms with van der Waals surface area (Å²) >= 11 is 3.48. The minimum atomic E-state index is -0.242. The SMILES string of the molecule is CCN(CC(=O)NC(C)(C)C)Cc1nnc(-c2ccccc2Br)o1. The first-order chi connectivity index (χ1) is 11.3. The summed E-state index contributed by atoms with van der Waals surface area (Å²) in [4.78, 5) is 14.0. The van der Waals surface area contributed by atoms with Crippen LogP contribution in [0.25, 0.3) is 11.5 Å². The van der Waals surface area contributed by atoms with E-state index in [4.69, 9.17) is 4.42 Å². The van der Waals surface area contributed by atoms with Crippen LogP contribution in [0.3, 0.4) is 0 Å². The Labute approximate surface area is 150 Å². The smallest absolute Gasteiger partial charge is 0.248 e. The lowest BCUT2D eigenvalue weighted by Gasteiger charge is -2.24. The number of carbonyl (C=O) groups excluding carboxylic acids is 1. The summed E-state index contributed by atoms with van der Waals surface area (Å²) in [5, 5.41) is 11.1. The number of benzene rings is 1. The van der Waals surface area contributed by atoms with E-state index in [0.29, 0.717) is 31.4 Å². The highest BCUT2D eigenvalue weighted by Crippen LogP contribution is 2.26. The standard InChI is InChI=1S/C17H23BrN4O2/c1-5-22(10-14(23)19-17(2,3)4)11-15-20-21-16(24-15)12-8-6-7-9-13(12)18/h6-9H,5,10-11H2,1-4H3,(H,19,23). The van der Waals surface area contributed by atoms with E-state index < -0.39 is 0 Å². The molecule has 0 fully saturated rings. The molecule has 0 unspecified atom stereocenters. The number of aromatic nitrogens is 2. The molecule has 0 saturated heterocycles. The van der Waals surface area contributed by atoms with Crippen molar-refractivity contribution in [3.8, 4) is 11.5 Å². The first kappa shape index (κ1) is 18.6. The van der Waals surface area contributed by atoms with Crippen LogP contribution in [0.1, 0.15) is 33.6 Å². The first-order valence-electron chi connectivity index (χ1n) is 7.89. The summed E-state index contributed by atoms with van der Waals surface area (Å²) in [6.07, 6.45) is 0. The summed E-state index contributed by atoms with van der Waals surface area (Å²) in [5.41, 5.74) is 0.609. The van der Waals surface area contributed by atoms with E-state index in [2.05, 4.69) is 31.4 Å². The highest BCUT2D eigenvalue weighted by atomic mass is 79.9. The Bertz CT molecular complexity index is 694. The van der Waals surface area contributed by atoms with Crippen LogP contribution in [0.15, 0.2) is 33.2 Å². The van der Waals surface area contributed by atoms with Crippen LogP contribution in [0.4, 0.5) is 0 Å². The second-order valence-electron chi connectivity index (χ2n) is 6.58. The Balaban J connectivity index is 2.02. The summed E-state index contributed by atoms with van der Waals surface area (Å²) < 4.78 is 6.64. The average Bonchev–Trinajstić information content (AvgIpc) is 2.93. The van der Waals surface area contributed by atoms with Gasteiger partial charge in [-0.05, 0) is 55.4 Å². The van der Waals surface area contributed by atoms with E-state index in [1.807, 2.05) is 56.9 Å². The Morgan fingerprint density at radius 3 is 2.62 bits per heavy atom. The lowest BCUT2D eigenvalue weighted by molar-refractivity contribution is -0.123. The summed E-state index contributed by atoms with van der Waals surface area (Å²) in [7, 11) is 0. The molecule has 6 nitrogen and oxygen atoms in total. The molecule has 0 saturated carbocycles. The molecule has 0 aliphatic heterocycles. The molecular formula is C17H23BrN4O2. The Hall–Kier alpha value is -1.73. The number of nitrogens with zero attached hydrogens (tertiary/aromatic N) is 3. The maximum atomic E-state index is 12.1. The molecule has 0 radical (unpaired) electrons. The van der Waals surface area contributed by atoms with Crippen LogP contribution >= 0.6 is 15.9 Å². The monoisotopic (exact) mass is 394 g/mol. The minimum Gasteiger partial charge on any atom is -0.419 e. The fraction of sp³-hybridized carbons (Fsp3) is 0.471. The molecule has 0 bridgehead atoms. The van der Waals surface area contributed by atoms with Gasteiger partial charge in [0.2, 0.25) is 17.7 Å². The number of halogens is 1. The fourth-order valence-electron chi connectivity index (χ4n) is 2.19. The van der Waals surface area contributed by atoms with Crippen molar-refractivity contribution in [1.82, 2.24) is 20.4 Å². The van der Waals surface area contributed by atoms with Crippen molar-refractivity contribution >= 4 is 21.8 Å². The van der Waals surface area contributed by atoms with Gasteiger partial charge in [0.1, 0.15) is 0 Å². The fourth-order valence-corrected chi connectivity index (χ4v) is 2.65. The molecule has 7 heteroatoms. The molecule has 0 aliphatic rings. The molecule has 2 rings (SSSR count). The molecule has 0 spiro atoms. The molecule has 1 aromatic heterocycles. The quantitative estimate of drug-likeness (QED) is 0.813. The zero-order valence-corrected chi connectivity index (χ0v) is 16.1. The Morgan fingerprint density at radius 2 is 2.00 bits per heavy atom. The number of carbonyl (C=O) groups is 1. The average molecular weight is 395 g/mol. The lowest BCUT2D eigenvalue weighted by Crippen LogP contribution is -2.45. The van der Waals surface area contributed by atoms with Crippen LogP contribution in [-0.4, -0.2) is 39.6 Å². The van der Waals surface area contributed by atoms with Crippen LogP contribution in [-0.2, 0) is 11.3 Å². The van der Waals surface area contributed by atoms with Gasteiger partial charge in [-0.1, -0.05) is 19.1 Å². The highest BCUT2D eigenvalue weighted by molar-refractivity contribution is 9.10. The largest absolute Gasteiger partial charge is 0.419 e. The number of hydrogen-bond acceptors (Lipinski definition) is 5. The summed E-state index contributed by atoms with van der Waals surface area (Å²) in [5.74, 6) is 0.939. The first-order valence-corrected chi connectivity index (χ1v) is 8.68. The van der Waals surface area contributed by atoms with Gasteiger partial charge in [-0.3, -0.25) is 9.69 Å². The van der Waals surface area contributed by atoms with Crippen molar-refractivity contribution in [2.24, 2.45) is 0 Å². The molecular weight excluding hydrogens is 372 g/mol. The molecule has 0 aliphatic carbocycles. The van der Waals surface area contributed by atoms with Crippen molar-refractivity contribution in [1.29, 1.82) is 0 Å². The molecule has 1 amide bonds. The van der Waals surface area contributed by atoms with Crippen molar-refractivity contribution in [3.05, 3.63) is 34.6 Å². The zero-order valence-electron chi connectivity index (χ0n) is 14.5. The number of nitrogens with one attached hydrogen (secondary N) is 1. The molecule has 24 heavy (non-hydrogen) atoms. The van der Waals surface area contributed by atoms with Gasteiger partial charge in [-0.2, -0.15) is 0 Å². The Morgan fingerprint density at radius 1 is 1.29 bits per heavy atom. The van der Waals surface area contributed by atoms with Crippen LogP contribution < -0.4 is 5.32 Å². The predicted octanol–water partition coefficient (Wildman–Crippen LogP) is 3.24. The molecule has 1 N–H and O–H groups in total. The molecule has 1 aromatic carbocycles. The predicted molar refractivity (Wildman–Crippen MR) is 96.3 cm³/mol. The third-order valence-corrected chi connectivity index (χ3v) is 3.95. The van der Waals surface area contributed by atoms with Gasteiger partial charge < -0.3 is 9.73 Å². The topological polar surface area (TPSA) is 71.3 Å². The maximum Gasteiger partial charge on any atom is 0.248 e. The van der Waals surface area contributed by atoms with E-state index in [0.717, 1.165) is 10.0 Å². The van der Waals surface area contributed by atoms with E-state index in [1.165, 1.54) is 0 Å². The number of likely N-dealkylation sites (N-methyl/N-ethyl adjacent to an activating group) is 1. The van der Waals surface area contributed by atoms with Gasteiger partial charge in [0.25, 0.3) is 0 Å². The second-order valence-corrected chi connectivity index (χ2v) is 7.44.